The topological polar surface area (TPSA) is 104 Å². The maximum atomic E-state index is 13.6. The Kier molecular flexibility index (Phi) is 5.49. The van der Waals surface area contributed by atoms with Gasteiger partial charge in [0, 0.05) is 17.0 Å². The minimum atomic E-state index is -3.62. The van der Waals surface area contributed by atoms with Crippen molar-refractivity contribution in [1.29, 1.82) is 0 Å². The van der Waals surface area contributed by atoms with Crippen molar-refractivity contribution in [2.45, 2.75) is 18.8 Å². The minimum absolute atomic E-state index is 0.0510. The molecule has 8 nitrogen and oxygen atoms in total. The summed E-state index contributed by atoms with van der Waals surface area (Å²) in [6.45, 7) is 0.648. The third-order valence-corrected chi connectivity index (χ3v) is 6.99. The second kappa shape index (κ2) is 8.35. The maximum Gasteiger partial charge on any atom is 0.232 e. The Morgan fingerprint density at radius 3 is 2.61 bits per heavy atom. The van der Waals surface area contributed by atoms with Gasteiger partial charge in [0.2, 0.25) is 10.0 Å². The van der Waals surface area contributed by atoms with Gasteiger partial charge in [-0.3, -0.25) is 4.31 Å². The summed E-state index contributed by atoms with van der Waals surface area (Å²) in [4.78, 5) is 5.30. The number of aliphatic hydroxyl groups is 1. The van der Waals surface area contributed by atoms with Crippen molar-refractivity contribution in [2.24, 2.45) is 5.16 Å². The van der Waals surface area contributed by atoms with Crippen molar-refractivity contribution in [2.75, 3.05) is 36.9 Å². The number of oxime groups is 1. The van der Waals surface area contributed by atoms with Crippen molar-refractivity contribution in [1.82, 2.24) is 5.32 Å². The standard InChI is InChI=1S/C23H24FN3O5S/c1-33(29,30)27(9-10-28)19-13-20-18(12-17(19)14-2-3-14)21(23-25-8-11-31-26-23)22(32-20)15-4-6-16(24)7-5-15/h4-7,12-14,28H,2-3,8-11H2,1H3,(H,25,26). The van der Waals surface area contributed by atoms with E-state index in [4.69, 9.17) is 9.25 Å². The number of rotatable bonds is 7. The van der Waals surface area contributed by atoms with Gasteiger partial charge >= 0.3 is 0 Å². The molecule has 174 valence electrons. The fraction of sp³-hybridized carbons (Fsp3) is 0.348. The number of fused-ring (bicyclic) bond motifs is 1. The van der Waals surface area contributed by atoms with Gasteiger partial charge in [0.1, 0.15) is 23.8 Å². The molecule has 1 saturated carbocycles. The highest BCUT2D eigenvalue weighted by molar-refractivity contribution is 7.92. The number of furan rings is 1. The fourth-order valence-corrected chi connectivity index (χ4v) is 5.10. The van der Waals surface area contributed by atoms with E-state index in [2.05, 4.69) is 10.5 Å². The minimum Gasteiger partial charge on any atom is -0.455 e. The van der Waals surface area contributed by atoms with Crippen LogP contribution in [0, 0.1) is 5.82 Å². The smallest absolute Gasteiger partial charge is 0.232 e. The third kappa shape index (κ3) is 4.16. The molecule has 33 heavy (non-hydrogen) atoms. The Bertz CT molecular complexity index is 1330. The predicted octanol–water partition coefficient (Wildman–Crippen LogP) is 3.16. The van der Waals surface area contributed by atoms with E-state index < -0.39 is 10.0 Å². The van der Waals surface area contributed by atoms with Gasteiger partial charge < -0.3 is 19.7 Å². The molecule has 1 aromatic heterocycles. The van der Waals surface area contributed by atoms with Crippen LogP contribution in [0.25, 0.3) is 22.3 Å². The lowest BCUT2D eigenvalue weighted by atomic mass is 10.00. The van der Waals surface area contributed by atoms with Crippen LogP contribution in [0.3, 0.4) is 0 Å². The van der Waals surface area contributed by atoms with E-state index in [9.17, 15) is 17.9 Å². The first-order valence-corrected chi connectivity index (χ1v) is 12.6. The van der Waals surface area contributed by atoms with E-state index in [1.54, 1.807) is 18.2 Å². The van der Waals surface area contributed by atoms with Crippen LogP contribution in [0.15, 0.2) is 46.0 Å². The lowest BCUT2D eigenvalue weighted by Gasteiger charge is -2.24. The molecule has 0 atom stereocenters. The SMILES string of the molecule is CS(=O)(=O)N(CCO)c1cc2oc(-c3ccc(F)cc3)c(C3=NOCCN3)c2cc1C1CC1. The molecule has 1 aliphatic heterocycles. The van der Waals surface area contributed by atoms with Crippen molar-refractivity contribution in [3.05, 3.63) is 53.3 Å². The third-order valence-electron chi connectivity index (χ3n) is 5.81. The summed E-state index contributed by atoms with van der Waals surface area (Å²) in [5.41, 5.74) is 3.18. The van der Waals surface area contributed by atoms with Crippen LogP contribution < -0.4 is 9.62 Å². The summed E-state index contributed by atoms with van der Waals surface area (Å²) >= 11 is 0. The van der Waals surface area contributed by atoms with Crippen LogP contribution in [0.2, 0.25) is 0 Å². The molecule has 5 rings (SSSR count). The number of benzene rings is 2. The normalized spacial score (nSPS) is 16.3. The molecule has 0 amide bonds. The lowest BCUT2D eigenvalue weighted by molar-refractivity contribution is 0.136. The first-order chi connectivity index (χ1) is 15.9. The number of nitrogens with one attached hydrogen (secondary N) is 1. The molecule has 2 heterocycles. The highest BCUT2D eigenvalue weighted by Crippen LogP contribution is 2.48. The highest BCUT2D eigenvalue weighted by atomic mass is 32.2. The van der Waals surface area contributed by atoms with Crippen molar-refractivity contribution >= 4 is 32.5 Å². The average Bonchev–Trinajstić information content (AvgIpc) is 3.57. The Morgan fingerprint density at radius 1 is 1.24 bits per heavy atom. The van der Waals surface area contributed by atoms with Gasteiger partial charge in [-0.2, -0.15) is 0 Å². The number of hydrogen-bond acceptors (Lipinski definition) is 7. The van der Waals surface area contributed by atoms with E-state index in [1.807, 2.05) is 6.07 Å². The molecule has 1 aliphatic carbocycles. The molecular weight excluding hydrogens is 449 g/mol. The van der Waals surface area contributed by atoms with Gasteiger partial charge in [-0.05, 0) is 54.7 Å². The molecule has 0 saturated heterocycles. The van der Waals surface area contributed by atoms with Crippen molar-refractivity contribution < 1.29 is 27.2 Å². The molecular formula is C23H24FN3O5S. The van der Waals surface area contributed by atoms with Gasteiger partial charge in [0.15, 0.2) is 5.84 Å². The van der Waals surface area contributed by atoms with Crippen molar-refractivity contribution in [3.8, 4) is 11.3 Å². The molecule has 3 aromatic rings. The molecule has 10 heteroatoms. The molecule has 2 N–H and O–H groups in total. The summed E-state index contributed by atoms with van der Waals surface area (Å²) in [7, 11) is -3.62. The second-order valence-corrected chi connectivity index (χ2v) is 10.2. The zero-order valence-corrected chi connectivity index (χ0v) is 18.9. The summed E-state index contributed by atoms with van der Waals surface area (Å²) < 4.78 is 46.1. The van der Waals surface area contributed by atoms with Gasteiger partial charge in [-0.1, -0.05) is 5.16 Å². The Balaban J connectivity index is 1.77. The number of hydrogen-bond donors (Lipinski definition) is 2. The zero-order chi connectivity index (χ0) is 23.2. The quantitative estimate of drug-likeness (QED) is 0.546. The Hall–Kier alpha value is -3.11. The van der Waals surface area contributed by atoms with E-state index in [0.29, 0.717) is 47.1 Å². The summed E-state index contributed by atoms with van der Waals surface area (Å²) in [6, 6.07) is 9.61. The number of amidine groups is 1. The monoisotopic (exact) mass is 473 g/mol. The molecule has 0 spiro atoms. The van der Waals surface area contributed by atoms with Gasteiger partial charge in [-0.25, -0.2) is 12.8 Å². The largest absolute Gasteiger partial charge is 0.455 e. The fourth-order valence-electron chi connectivity index (χ4n) is 4.17. The van der Waals surface area contributed by atoms with Crippen LogP contribution in [-0.2, 0) is 14.9 Å². The zero-order valence-electron chi connectivity index (χ0n) is 18.0. The van der Waals surface area contributed by atoms with E-state index in [-0.39, 0.29) is 24.9 Å². The number of halogens is 1. The maximum absolute atomic E-state index is 13.6. The Labute approximate surface area is 190 Å². The highest BCUT2D eigenvalue weighted by Gasteiger charge is 2.33. The molecule has 0 bridgehead atoms. The van der Waals surface area contributed by atoms with Gasteiger partial charge in [-0.15, -0.1) is 0 Å². The van der Waals surface area contributed by atoms with Crippen LogP contribution >= 0.6 is 0 Å². The van der Waals surface area contributed by atoms with Gasteiger partial charge in [0.05, 0.1) is 37.2 Å². The Morgan fingerprint density at radius 2 is 2.00 bits per heavy atom. The van der Waals surface area contributed by atoms with Crippen LogP contribution in [0.1, 0.15) is 29.9 Å². The molecule has 2 aliphatic rings. The number of anilines is 1. The van der Waals surface area contributed by atoms with Crippen LogP contribution in [0.4, 0.5) is 10.1 Å². The summed E-state index contributed by atoms with van der Waals surface area (Å²) in [6.07, 6.45) is 3.03. The lowest BCUT2D eigenvalue weighted by Crippen LogP contribution is -2.33. The molecule has 0 unspecified atom stereocenters. The molecule has 1 fully saturated rings. The second-order valence-electron chi connectivity index (χ2n) is 8.25. The number of sulfonamides is 1. The summed E-state index contributed by atoms with van der Waals surface area (Å²) in [5.74, 6) is 0.846. The van der Waals surface area contributed by atoms with E-state index in [0.717, 1.165) is 30.0 Å². The number of aliphatic hydroxyl groups excluding tert-OH is 1. The predicted molar refractivity (Wildman–Crippen MR) is 123 cm³/mol. The number of nitrogens with zero attached hydrogens (tertiary/aromatic N) is 2. The van der Waals surface area contributed by atoms with E-state index >= 15 is 0 Å². The molecule has 2 aromatic carbocycles. The van der Waals surface area contributed by atoms with Crippen LogP contribution in [-0.4, -0.2) is 51.9 Å². The van der Waals surface area contributed by atoms with Gasteiger partial charge in [0.25, 0.3) is 0 Å². The first-order valence-electron chi connectivity index (χ1n) is 10.8. The molecule has 0 radical (unpaired) electrons. The summed E-state index contributed by atoms with van der Waals surface area (Å²) in [5, 5.41) is 17.7. The van der Waals surface area contributed by atoms with Crippen LogP contribution in [0.5, 0.6) is 0 Å². The van der Waals surface area contributed by atoms with E-state index in [1.165, 1.54) is 16.4 Å². The average molecular weight is 474 g/mol. The first kappa shape index (κ1) is 21.7. The van der Waals surface area contributed by atoms with Crippen molar-refractivity contribution in [3.63, 3.8) is 0 Å².